The zero-order valence-electron chi connectivity index (χ0n) is 20.6. The van der Waals surface area contributed by atoms with Crippen molar-refractivity contribution in [3.8, 4) is 5.75 Å². The van der Waals surface area contributed by atoms with E-state index >= 15 is 0 Å². The molecule has 2 aromatic carbocycles. The minimum absolute atomic E-state index is 0.0117. The van der Waals surface area contributed by atoms with Crippen LogP contribution in [0.15, 0.2) is 61.2 Å². The van der Waals surface area contributed by atoms with Crippen LogP contribution in [0.3, 0.4) is 0 Å². The molecule has 0 aliphatic heterocycles. The van der Waals surface area contributed by atoms with Crippen molar-refractivity contribution < 1.29 is 31.8 Å². The second-order valence-electron chi connectivity index (χ2n) is 9.43. The highest BCUT2D eigenvalue weighted by molar-refractivity contribution is 8.00. The fourth-order valence-electron chi connectivity index (χ4n) is 4.68. The molecule has 1 fully saturated rings. The maximum atomic E-state index is 14.8. The van der Waals surface area contributed by atoms with Gasteiger partial charge in [-0.15, -0.1) is 13.2 Å². The van der Waals surface area contributed by atoms with Crippen LogP contribution in [0, 0.1) is 17.6 Å². The smallest absolute Gasteiger partial charge is 0.406 e. The van der Waals surface area contributed by atoms with E-state index in [-0.39, 0.29) is 23.1 Å². The number of halogens is 5. The van der Waals surface area contributed by atoms with Crippen molar-refractivity contribution in [1.29, 1.82) is 0 Å². The average Bonchev–Trinajstić information content (AvgIpc) is 3.36. The Labute approximate surface area is 221 Å². The van der Waals surface area contributed by atoms with Crippen molar-refractivity contribution in [1.82, 2.24) is 14.8 Å². The van der Waals surface area contributed by atoms with Crippen LogP contribution in [0.4, 0.5) is 22.0 Å². The van der Waals surface area contributed by atoms with Gasteiger partial charge in [0.15, 0.2) is 0 Å². The standard InChI is InChI=1S/C27H28F5N3O2S/c1-18(26(36,15-35-17-33-16-34-35)24-13-8-21(28)14-25(24)29)38-23-11-6-20(7-12-23)3-2-19-4-9-22(10-5-19)37-27(30,31)32/h2-5,8-10,13-14,16-18,20,23,36H,6-7,11-12,15H2,1H3/b3-2+. The van der Waals surface area contributed by atoms with Crippen LogP contribution < -0.4 is 4.74 Å². The second-order valence-corrected chi connectivity index (χ2v) is 11.1. The van der Waals surface area contributed by atoms with Gasteiger partial charge in [0, 0.05) is 22.1 Å². The summed E-state index contributed by atoms with van der Waals surface area (Å²) in [6.45, 7) is 1.80. The van der Waals surface area contributed by atoms with Gasteiger partial charge in [0.1, 0.15) is 35.6 Å². The van der Waals surface area contributed by atoms with Gasteiger partial charge in [-0.05, 0) is 55.4 Å². The van der Waals surface area contributed by atoms with E-state index in [0.29, 0.717) is 5.92 Å². The highest BCUT2D eigenvalue weighted by Gasteiger charge is 2.41. The number of allylic oxidation sites excluding steroid dienone is 1. The predicted molar refractivity (Wildman–Crippen MR) is 135 cm³/mol. The molecular formula is C27H28F5N3O2S. The highest BCUT2D eigenvalue weighted by atomic mass is 32.2. The molecule has 204 valence electrons. The molecule has 1 N–H and O–H groups in total. The molecule has 0 amide bonds. The summed E-state index contributed by atoms with van der Waals surface area (Å²) < 4.78 is 70.6. The van der Waals surface area contributed by atoms with Crippen molar-refractivity contribution >= 4 is 17.8 Å². The molecule has 0 bridgehead atoms. The lowest BCUT2D eigenvalue weighted by atomic mass is 9.88. The summed E-state index contributed by atoms with van der Waals surface area (Å²) in [4.78, 5) is 3.90. The van der Waals surface area contributed by atoms with Crippen molar-refractivity contribution in [3.63, 3.8) is 0 Å². The molecule has 1 aromatic heterocycles. The molecule has 3 aromatic rings. The quantitative estimate of drug-likeness (QED) is 0.298. The molecular weight excluding hydrogens is 525 g/mol. The number of thioether (sulfide) groups is 1. The summed E-state index contributed by atoms with van der Waals surface area (Å²) >= 11 is 1.58. The molecule has 4 rings (SSSR count). The van der Waals surface area contributed by atoms with Crippen LogP contribution in [0.2, 0.25) is 0 Å². The van der Waals surface area contributed by atoms with E-state index in [2.05, 4.69) is 20.9 Å². The van der Waals surface area contributed by atoms with E-state index in [1.54, 1.807) is 23.9 Å². The van der Waals surface area contributed by atoms with Crippen molar-refractivity contribution in [3.05, 3.63) is 84.0 Å². The van der Waals surface area contributed by atoms with E-state index < -0.39 is 28.8 Å². The first-order chi connectivity index (χ1) is 18.0. The first kappa shape index (κ1) is 28.1. The zero-order valence-corrected chi connectivity index (χ0v) is 21.4. The first-order valence-electron chi connectivity index (χ1n) is 12.2. The molecule has 0 saturated heterocycles. The fraction of sp³-hybridized carbons (Fsp3) is 0.407. The van der Waals surface area contributed by atoms with Gasteiger partial charge in [-0.3, -0.25) is 0 Å². The largest absolute Gasteiger partial charge is 0.573 e. The first-order valence-corrected chi connectivity index (χ1v) is 13.2. The van der Waals surface area contributed by atoms with Crippen LogP contribution in [-0.4, -0.2) is 36.7 Å². The van der Waals surface area contributed by atoms with Crippen molar-refractivity contribution in [2.75, 3.05) is 0 Å². The monoisotopic (exact) mass is 553 g/mol. The molecule has 0 radical (unpaired) electrons. The molecule has 0 spiro atoms. The van der Waals surface area contributed by atoms with Gasteiger partial charge in [-0.1, -0.05) is 37.3 Å². The van der Waals surface area contributed by atoms with Crippen LogP contribution >= 0.6 is 11.8 Å². The van der Waals surface area contributed by atoms with Crippen LogP contribution in [0.5, 0.6) is 5.75 Å². The topological polar surface area (TPSA) is 60.2 Å². The van der Waals surface area contributed by atoms with Gasteiger partial charge in [-0.25, -0.2) is 18.4 Å². The van der Waals surface area contributed by atoms with Crippen molar-refractivity contribution in [2.24, 2.45) is 5.92 Å². The minimum Gasteiger partial charge on any atom is -0.406 e. The molecule has 1 saturated carbocycles. The zero-order chi connectivity index (χ0) is 27.3. The van der Waals surface area contributed by atoms with Gasteiger partial charge >= 0.3 is 6.36 Å². The predicted octanol–water partition coefficient (Wildman–Crippen LogP) is 6.74. The van der Waals surface area contributed by atoms with E-state index in [9.17, 15) is 27.1 Å². The lowest BCUT2D eigenvalue weighted by Crippen LogP contribution is -2.42. The third-order valence-electron chi connectivity index (χ3n) is 6.73. The average molecular weight is 554 g/mol. The Balaban J connectivity index is 1.36. The SMILES string of the molecule is CC(SC1CCC(/C=C/c2ccc(OC(F)(F)F)cc2)CC1)C(O)(Cn1cncn1)c1ccc(F)cc1F. The Hall–Kier alpha value is -2.92. The molecule has 1 heterocycles. The van der Waals surface area contributed by atoms with Gasteiger partial charge in [0.2, 0.25) is 0 Å². The van der Waals surface area contributed by atoms with Gasteiger partial charge in [-0.2, -0.15) is 16.9 Å². The van der Waals surface area contributed by atoms with E-state index in [4.69, 9.17) is 0 Å². The Morgan fingerprint density at radius 3 is 2.42 bits per heavy atom. The van der Waals surface area contributed by atoms with Crippen LogP contribution in [0.25, 0.3) is 6.08 Å². The molecule has 1 aliphatic rings. The Morgan fingerprint density at radius 2 is 1.82 bits per heavy atom. The number of benzene rings is 2. The fourth-order valence-corrected chi connectivity index (χ4v) is 6.23. The molecule has 11 heteroatoms. The second kappa shape index (κ2) is 11.9. The minimum atomic E-state index is -4.72. The summed E-state index contributed by atoms with van der Waals surface area (Å²) in [7, 11) is 0. The summed E-state index contributed by atoms with van der Waals surface area (Å²) in [5.74, 6) is -1.47. The number of aromatic nitrogens is 3. The number of rotatable bonds is 9. The Bertz CT molecular complexity index is 1210. The molecule has 2 unspecified atom stereocenters. The van der Waals surface area contributed by atoms with Crippen LogP contribution in [-0.2, 0) is 12.1 Å². The number of hydrogen-bond donors (Lipinski definition) is 1. The summed E-state index contributed by atoms with van der Waals surface area (Å²) in [5.41, 5.74) is -0.851. The Morgan fingerprint density at radius 1 is 1.11 bits per heavy atom. The normalized spacial score (nSPS) is 20.8. The van der Waals surface area contributed by atoms with E-state index in [1.807, 2.05) is 13.0 Å². The van der Waals surface area contributed by atoms with Crippen molar-refractivity contribution in [2.45, 2.75) is 61.6 Å². The lowest BCUT2D eigenvalue weighted by Gasteiger charge is -2.37. The molecule has 38 heavy (non-hydrogen) atoms. The van der Waals surface area contributed by atoms with Crippen LogP contribution in [0.1, 0.15) is 43.7 Å². The summed E-state index contributed by atoms with van der Waals surface area (Å²) in [5, 5.41) is 15.6. The number of aliphatic hydroxyl groups is 1. The number of alkyl halides is 3. The Kier molecular flexibility index (Phi) is 8.77. The number of hydrogen-bond acceptors (Lipinski definition) is 5. The lowest BCUT2D eigenvalue weighted by molar-refractivity contribution is -0.274. The van der Waals surface area contributed by atoms with E-state index in [1.165, 1.54) is 35.5 Å². The van der Waals surface area contributed by atoms with Gasteiger partial charge in [0.25, 0.3) is 0 Å². The molecule has 1 aliphatic carbocycles. The molecule has 5 nitrogen and oxygen atoms in total. The maximum absolute atomic E-state index is 14.8. The third kappa shape index (κ3) is 7.35. The third-order valence-corrected chi connectivity index (χ3v) is 8.38. The maximum Gasteiger partial charge on any atom is 0.573 e. The van der Waals surface area contributed by atoms with Gasteiger partial charge < -0.3 is 9.84 Å². The van der Waals surface area contributed by atoms with Gasteiger partial charge in [0.05, 0.1) is 6.54 Å². The summed E-state index contributed by atoms with van der Waals surface area (Å²) in [6.07, 6.45) is 5.60. The summed E-state index contributed by atoms with van der Waals surface area (Å²) in [6, 6.07) is 8.90. The molecule has 2 atom stereocenters. The number of ether oxygens (including phenoxy) is 1. The number of nitrogens with zero attached hydrogens (tertiary/aromatic N) is 3. The van der Waals surface area contributed by atoms with E-state index in [0.717, 1.165) is 43.4 Å². The highest BCUT2D eigenvalue weighted by Crippen LogP contribution is 2.42.